The molecular weight excluding hydrogens is 394 g/mol. The number of ketones is 1. The maximum atomic E-state index is 13.7. The standard InChI is InChI=1S/C25H21NO5/c27-17-25(21-14-8-3-9-15-21,24(30)31-16-19-10-4-1-5-11-19)23(29)22(26-18-28)20-12-6-2-7-13-20/h1-15,17-18,22H,16H2,(H,26,28). The summed E-state index contributed by atoms with van der Waals surface area (Å²) in [7, 11) is 0. The van der Waals surface area contributed by atoms with Crippen LogP contribution >= 0.6 is 0 Å². The molecule has 0 aromatic heterocycles. The van der Waals surface area contributed by atoms with Crippen molar-refractivity contribution in [3.63, 3.8) is 0 Å². The predicted octanol–water partition coefficient (Wildman–Crippen LogP) is 2.92. The molecule has 3 aromatic carbocycles. The summed E-state index contributed by atoms with van der Waals surface area (Å²) in [6.45, 7) is -0.105. The van der Waals surface area contributed by atoms with Gasteiger partial charge >= 0.3 is 5.97 Å². The van der Waals surface area contributed by atoms with Gasteiger partial charge in [0, 0.05) is 0 Å². The van der Waals surface area contributed by atoms with E-state index >= 15 is 0 Å². The Hall–Kier alpha value is -4.06. The molecule has 3 aromatic rings. The molecular formula is C25H21NO5. The summed E-state index contributed by atoms with van der Waals surface area (Å²) in [6.07, 6.45) is 0.659. The van der Waals surface area contributed by atoms with E-state index in [1.807, 2.05) is 6.07 Å². The fourth-order valence-electron chi connectivity index (χ4n) is 3.34. The Morgan fingerprint density at radius 1 is 0.839 bits per heavy atom. The Labute approximate surface area is 179 Å². The first-order valence-electron chi connectivity index (χ1n) is 9.65. The molecule has 1 amide bonds. The lowest BCUT2D eigenvalue weighted by molar-refractivity contribution is -0.157. The lowest BCUT2D eigenvalue weighted by atomic mass is 9.74. The molecule has 31 heavy (non-hydrogen) atoms. The third-order valence-corrected chi connectivity index (χ3v) is 4.96. The predicted molar refractivity (Wildman–Crippen MR) is 114 cm³/mol. The Morgan fingerprint density at radius 2 is 1.39 bits per heavy atom. The summed E-state index contributed by atoms with van der Waals surface area (Å²) in [4.78, 5) is 50.6. The third kappa shape index (κ3) is 4.59. The smallest absolute Gasteiger partial charge is 0.332 e. The van der Waals surface area contributed by atoms with Gasteiger partial charge in [0.2, 0.25) is 11.8 Å². The molecule has 0 aliphatic carbocycles. The third-order valence-electron chi connectivity index (χ3n) is 4.96. The summed E-state index contributed by atoms with van der Waals surface area (Å²) in [5.41, 5.74) is -0.923. The van der Waals surface area contributed by atoms with E-state index in [0.717, 1.165) is 0 Å². The largest absolute Gasteiger partial charge is 0.459 e. The molecule has 6 heteroatoms. The number of hydrogen-bond donors (Lipinski definition) is 1. The molecule has 0 aliphatic heterocycles. The van der Waals surface area contributed by atoms with Crippen molar-refractivity contribution in [2.45, 2.75) is 18.1 Å². The summed E-state index contributed by atoms with van der Waals surface area (Å²) >= 11 is 0. The average Bonchev–Trinajstić information content (AvgIpc) is 2.84. The highest BCUT2D eigenvalue weighted by Gasteiger charge is 2.52. The van der Waals surface area contributed by atoms with Crippen molar-refractivity contribution >= 4 is 24.4 Å². The Balaban J connectivity index is 2.04. The van der Waals surface area contributed by atoms with Crippen LogP contribution in [0.1, 0.15) is 22.7 Å². The molecule has 1 N–H and O–H groups in total. The summed E-state index contributed by atoms with van der Waals surface area (Å²) in [5.74, 6) is -1.80. The molecule has 0 radical (unpaired) electrons. The van der Waals surface area contributed by atoms with E-state index in [1.54, 1.807) is 72.8 Å². The normalized spacial score (nSPS) is 13.3. The minimum Gasteiger partial charge on any atom is -0.459 e. The number of benzene rings is 3. The highest BCUT2D eigenvalue weighted by atomic mass is 16.5. The number of esters is 1. The van der Waals surface area contributed by atoms with Crippen LogP contribution in [0.25, 0.3) is 0 Å². The second kappa shape index (κ2) is 10.1. The fourth-order valence-corrected chi connectivity index (χ4v) is 3.34. The van der Waals surface area contributed by atoms with Crippen LogP contribution in [-0.2, 0) is 35.9 Å². The van der Waals surface area contributed by atoms with Crippen molar-refractivity contribution in [3.8, 4) is 0 Å². The van der Waals surface area contributed by atoms with E-state index < -0.39 is 23.2 Å². The quantitative estimate of drug-likeness (QED) is 0.312. The number of carbonyl (C=O) groups excluding carboxylic acids is 4. The minimum absolute atomic E-state index is 0.105. The van der Waals surface area contributed by atoms with E-state index in [9.17, 15) is 19.2 Å². The van der Waals surface area contributed by atoms with Crippen molar-refractivity contribution in [2.24, 2.45) is 0 Å². The zero-order valence-corrected chi connectivity index (χ0v) is 16.6. The second-order valence-corrected chi connectivity index (χ2v) is 6.85. The molecule has 0 saturated carbocycles. The van der Waals surface area contributed by atoms with Gasteiger partial charge in [0.15, 0.2) is 5.78 Å². The molecule has 0 aliphatic rings. The van der Waals surface area contributed by atoms with Crippen LogP contribution < -0.4 is 5.32 Å². The maximum absolute atomic E-state index is 13.7. The van der Waals surface area contributed by atoms with E-state index in [0.29, 0.717) is 23.8 Å². The van der Waals surface area contributed by atoms with Gasteiger partial charge in [-0.25, -0.2) is 0 Å². The van der Waals surface area contributed by atoms with Crippen LogP contribution in [0.15, 0.2) is 91.0 Å². The summed E-state index contributed by atoms with van der Waals surface area (Å²) < 4.78 is 5.42. The number of carbonyl (C=O) groups is 4. The van der Waals surface area contributed by atoms with Crippen molar-refractivity contribution in [2.75, 3.05) is 0 Å². The first-order valence-corrected chi connectivity index (χ1v) is 9.65. The number of Topliss-reactive ketones (excluding diaryl/α,β-unsaturated/α-hetero) is 1. The van der Waals surface area contributed by atoms with Crippen LogP contribution in [-0.4, -0.2) is 24.4 Å². The van der Waals surface area contributed by atoms with Gasteiger partial charge in [0.05, 0.1) is 0 Å². The van der Waals surface area contributed by atoms with Gasteiger partial charge in [-0.05, 0) is 16.7 Å². The van der Waals surface area contributed by atoms with Crippen molar-refractivity contribution in [1.82, 2.24) is 5.32 Å². The van der Waals surface area contributed by atoms with Gasteiger partial charge in [-0.15, -0.1) is 0 Å². The topological polar surface area (TPSA) is 89.5 Å². The molecule has 2 atom stereocenters. The zero-order valence-electron chi connectivity index (χ0n) is 16.6. The Kier molecular flexibility index (Phi) is 7.06. The van der Waals surface area contributed by atoms with E-state index in [-0.39, 0.29) is 12.2 Å². The molecule has 0 fully saturated rings. The molecule has 156 valence electrons. The van der Waals surface area contributed by atoms with Gasteiger partial charge in [0.1, 0.15) is 18.9 Å². The van der Waals surface area contributed by atoms with E-state index in [1.165, 1.54) is 12.1 Å². The molecule has 3 rings (SSSR count). The highest BCUT2D eigenvalue weighted by Crippen LogP contribution is 2.31. The fraction of sp³-hybridized carbons (Fsp3) is 0.120. The average molecular weight is 415 g/mol. The zero-order chi connectivity index (χ0) is 22.1. The molecule has 0 saturated heterocycles. The van der Waals surface area contributed by atoms with Gasteiger partial charge in [-0.3, -0.25) is 14.4 Å². The SMILES string of the molecule is O=CNC(C(=O)C(C=O)(C(=O)OCc1ccccc1)c1ccccc1)c1ccccc1. The lowest BCUT2D eigenvalue weighted by Crippen LogP contribution is -2.51. The van der Waals surface area contributed by atoms with Gasteiger partial charge in [-0.1, -0.05) is 91.0 Å². The Morgan fingerprint density at radius 3 is 1.94 bits per heavy atom. The summed E-state index contributed by atoms with van der Waals surface area (Å²) in [5, 5.41) is 2.44. The Bertz CT molecular complexity index is 1040. The number of rotatable bonds is 10. The van der Waals surface area contributed by atoms with Crippen molar-refractivity contribution < 1.29 is 23.9 Å². The van der Waals surface area contributed by atoms with E-state index in [2.05, 4.69) is 5.32 Å². The molecule has 0 spiro atoms. The van der Waals surface area contributed by atoms with Crippen LogP contribution in [0.2, 0.25) is 0 Å². The number of aldehydes is 1. The highest BCUT2D eigenvalue weighted by molar-refractivity contribution is 6.24. The lowest BCUT2D eigenvalue weighted by Gasteiger charge is -2.29. The molecule has 0 heterocycles. The van der Waals surface area contributed by atoms with Crippen LogP contribution in [0.5, 0.6) is 0 Å². The first kappa shape index (κ1) is 21.6. The molecule has 0 bridgehead atoms. The monoisotopic (exact) mass is 415 g/mol. The van der Waals surface area contributed by atoms with Gasteiger partial charge in [-0.2, -0.15) is 0 Å². The van der Waals surface area contributed by atoms with Crippen LogP contribution in [0.3, 0.4) is 0 Å². The maximum Gasteiger partial charge on any atom is 0.332 e. The first-order chi connectivity index (χ1) is 15.1. The van der Waals surface area contributed by atoms with Crippen LogP contribution in [0.4, 0.5) is 0 Å². The minimum atomic E-state index is -2.24. The van der Waals surface area contributed by atoms with Gasteiger partial charge in [0.25, 0.3) is 0 Å². The number of ether oxygens (including phenoxy) is 1. The molecule has 6 nitrogen and oxygen atoms in total. The van der Waals surface area contributed by atoms with Crippen molar-refractivity contribution in [1.29, 1.82) is 0 Å². The van der Waals surface area contributed by atoms with Crippen molar-refractivity contribution in [3.05, 3.63) is 108 Å². The number of nitrogens with one attached hydrogen (secondary N) is 1. The van der Waals surface area contributed by atoms with E-state index in [4.69, 9.17) is 4.74 Å². The second-order valence-electron chi connectivity index (χ2n) is 6.85. The number of amides is 1. The summed E-state index contributed by atoms with van der Waals surface area (Å²) in [6, 6.07) is 24.1. The van der Waals surface area contributed by atoms with Crippen LogP contribution in [0, 0.1) is 0 Å². The number of hydrogen-bond acceptors (Lipinski definition) is 5. The molecule has 2 unspecified atom stereocenters. The van der Waals surface area contributed by atoms with Gasteiger partial charge < -0.3 is 14.8 Å².